The number of rotatable bonds is 5. The Morgan fingerprint density at radius 3 is 2.88 bits per heavy atom. The molecule has 0 heterocycles. The average molecular weight is 303 g/mol. The summed E-state index contributed by atoms with van der Waals surface area (Å²) in [5.74, 6) is -0.690. The van der Waals surface area contributed by atoms with E-state index in [1.807, 2.05) is 6.92 Å². The van der Waals surface area contributed by atoms with Crippen LogP contribution in [-0.2, 0) is 4.79 Å². The van der Waals surface area contributed by atoms with E-state index in [4.69, 9.17) is 5.73 Å². The highest BCUT2D eigenvalue weighted by Gasteiger charge is 2.13. The summed E-state index contributed by atoms with van der Waals surface area (Å²) in [6.45, 7) is 2.04. The van der Waals surface area contributed by atoms with Gasteiger partial charge < -0.3 is 11.1 Å². The van der Waals surface area contributed by atoms with Crippen molar-refractivity contribution in [3.63, 3.8) is 0 Å². The minimum Gasteiger partial charge on any atom is -0.325 e. The van der Waals surface area contributed by atoms with Gasteiger partial charge in [0.1, 0.15) is 5.82 Å². The minimum absolute atomic E-state index is 0.278. The van der Waals surface area contributed by atoms with Crippen molar-refractivity contribution in [3.8, 4) is 0 Å². The molecule has 0 aliphatic rings. The average Bonchev–Trinajstić information content (AvgIpc) is 2.30. The molecule has 3 N–H and O–H groups in total. The quantitative estimate of drug-likeness (QED) is 0.878. The number of nitrogens with two attached hydrogens (primary N) is 1. The number of carbonyl (C=O) groups is 1. The predicted molar refractivity (Wildman–Crippen MR) is 70.2 cm³/mol. The number of halogens is 2. The SMILES string of the molecule is CCCC[C@H](N)C(=O)Nc1ccc(Br)c(F)c1. The highest BCUT2D eigenvalue weighted by molar-refractivity contribution is 9.10. The molecule has 0 saturated heterocycles. The lowest BCUT2D eigenvalue weighted by molar-refractivity contribution is -0.117. The van der Waals surface area contributed by atoms with E-state index in [0.717, 1.165) is 12.8 Å². The molecule has 0 spiro atoms. The number of unbranched alkanes of at least 4 members (excludes halogenated alkanes) is 1. The summed E-state index contributed by atoms with van der Waals surface area (Å²) in [7, 11) is 0. The highest BCUT2D eigenvalue weighted by atomic mass is 79.9. The Kier molecular flexibility index (Phi) is 5.58. The molecule has 0 bridgehead atoms. The summed E-state index contributed by atoms with van der Waals surface area (Å²) in [6, 6.07) is 3.89. The molecule has 1 amide bonds. The topological polar surface area (TPSA) is 55.1 Å². The van der Waals surface area contributed by atoms with Gasteiger partial charge in [0, 0.05) is 5.69 Å². The third-order valence-electron chi connectivity index (χ3n) is 2.39. The Hall–Kier alpha value is -0.940. The van der Waals surface area contributed by atoms with Gasteiger partial charge >= 0.3 is 0 Å². The van der Waals surface area contributed by atoms with Crippen molar-refractivity contribution in [1.29, 1.82) is 0 Å². The molecule has 0 aliphatic carbocycles. The molecular weight excluding hydrogens is 287 g/mol. The first-order valence-corrected chi connectivity index (χ1v) is 6.35. The Morgan fingerprint density at radius 1 is 1.59 bits per heavy atom. The minimum atomic E-state index is -0.540. The van der Waals surface area contributed by atoms with E-state index in [9.17, 15) is 9.18 Å². The first-order chi connectivity index (χ1) is 8.04. The highest BCUT2D eigenvalue weighted by Crippen LogP contribution is 2.19. The van der Waals surface area contributed by atoms with Crippen LogP contribution < -0.4 is 11.1 Å². The molecule has 1 aromatic rings. The zero-order valence-corrected chi connectivity index (χ0v) is 11.3. The molecule has 17 heavy (non-hydrogen) atoms. The monoisotopic (exact) mass is 302 g/mol. The van der Waals surface area contributed by atoms with Crippen LogP contribution in [-0.4, -0.2) is 11.9 Å². The third-order valence-corrected chi connectivity index (χ3v) is 3.04. The van der Waals surface area contributed by atoms with Crippen LogP contribution in [0.4, 0.5) is 10.1 Å². The molecule has 94 valence electrons. The van der Waals surface area contributed by atoms with Crippen LogP contribution in [0.3, 0.4) is 0 Å². The summed E-state index contributed by atoms with van der Waals surface area (Å²) in [4.78, 5) is 11.6. The van der Waals surface area contributed by atoms with Crippen molar-refractivity contribution in [2.75, 3.05) is 5.32 Å². The van der Waals surface area contributed by atoms with Crippen molar-refractivity contribution < 1.29 is 9.18 Å². The van der Waals surface area contributed by atoms with Crippen molar-refractivity contribution >= 4 is 27.5 Å². The summed E-state index contributed by atoms with van der Waals surface area (Å²) < 4.78 is 13.6. The van der Waals surface area contributed by atoms with Gasteiger partial charge in [-0.1, -0.05) is 19.8 Å². The number of hydrogen-bond donors (Lipinski definition) is 2. The molecule has 0 aliphatic heterocycles. The number of carbonyl (C=O) groups excluding carboxylic acids is 1. The maximum atomic E-state index is 13.2. The molecule has 5 heteroatoms. The molecule has 0 fully saturated rings. The molecule has 3 nitrogen and oxygen atoms in total. The fourth-order valence-corrected chi connectivity index (χ4v) is 1.61. The van der Waals surface area contributed by atoms with Gasteiger partial charge in [0.15, 0.2) is 0 Å². The van der Waals surface area contributed by atoms with Crippen molar-refractivity contribution in [2.24, 2.45) is 5.73 Å². The largest absolute Gasteiger partial charge is 0.325 e. The predicted octanol–water partition coefficient (Wildman–Crippen LogP) is 3.04. The standard InChI is InChI=1S/C12H16BrFN2O/c1-2-3-4-11(15)12(17)16-8-5-6-9(13)10(14)7-8/h5-7,11H,2-4,15H2,1H3,(H,16,17)/t11-/m0/s1. The van der Waals surface area contributed by atoms with Crippen molar-refractivity contribution in [2.45, 2.75) is 32.2 Å². The van der Waals surface area contributed by atoms with Gasteiger partial charge in [0.05, 0.1) is 10.5 Å². The van der Waals surface area contributed by atoms with Crippen LogP contribution in [0.2, 0.25) is 0 Å². The van der Waals surface area contributed by atoms with Crippen LogP contribution in [0.15, 0.2) is 22.7 Å². The fraction of sp³-hybridized carbons (Fsp3) is 0.417. The van der Waals surface area contributed by atoms with E-state index >= 15 is 0 Å². The second kappa shape index (κ2) is 6.71. The number of benzene rings is 1. The fourth-order valence-electron chi connectivity index (χ4n) is 1.36. The normalized spacial score (nSPS) is 12.2. The number of hydrogen-bond acceptors (Lipinski definition) is 2. The molecule has 0 unspecified atom stereocenters. The van der Waals surface area contributed by atoms with Crippen LogP contribution in [0.5, 0.6) is 0 Å². The number of amides is 1. The summed E-state index contributed by atoms with van der Waals surface area (Å²) >= 11 is 3.05. The van der Waals surface area contributed by atoms with Gasteiger partial charge in [-0.15, -0.1) is 0 Å². The van der Waals surface area contributed by atoms with E-state index in [1.165, 1.54) is 6.07 Å². The first-order valence-electron chi connectivity index (χ1n) is 5.56. The van der Waals surface area contributed by atoms with E-state index in [1.54, 1.807) is 12.1 Å². The van der Waals surface area contributed by atoms with E-state index < -0.39 is 11.9 Å². The van der Waals surface area contributed by atoms with Gasteiger partial charge in [-0.25, -0.2) is 4.39 Å². The Labute approximate surface area is 109 Å². The zero-order valence-electron chi connectivity index (χ0n) is 9.67. The number of anilines is 1. The lowest BCUT2D eigenvalue weighted by Crippen LogP contribution is -2.35. The maximum absolute atomic E-state index is 13.2. The van der Waals surface area contributed by atoms with Crippen molar-refractivity contribution in [1.82, 2.24) is 0 Å². The lowest BCUT2D eigenvalue weighted by Gasteiger charge is -2.11. The molecular formula is C12H16BrFN2O. The lowest BCUT2D eigenvalue weighted by atomic mass is 10.1. The second-order valence-corrected chi connectivity index (χ2v) is 4.72. The van der Waals surface area contributed by atoms with Crippen LogP contribution >= 0.6 is 15.9 Å². The van der Waals surface area contributed by atoms with Gasteiger partial charge in [0.2, 0.25) is 5.91 Å². The van der Waals surface area contributed by atoms with Gasteiger partial charge in [-0.3, -0.25) is 4.79 Å². The van der Waals surface area contributed by atoms with Gasteiger partial charge in [-0.2, -0.15) is 0 Å². The van der Waals surface area contributed by atoms with Gasteiger partial charge in [0.25, 0.3) is 0 Å². The Morgan fingerprint density at radius 2 is 2.29 bits per heavy atom. The smallest absolute Gasteiger partial charge is 0.241 e. The van der Waals surface area contributed by atoms with Crippen LogP contribution in [0, 0.1) is 5.82 Å². The van der Waals surface area contributed by atoms with Gasteiger partial charge in [-0.05, 0) is 40.5 Å². The van der Waals surface area contributed by atoms with Crippen LogP contribution in [0.1, 0.15) is 26.2 Å². The molecule has 1 rings (SSSR count). The first kappa shape index (κ1) is 14.1. The van der Waals surface area contributed by atoms with E-state index in [-0.39, 0.29) is 5.91 Å². The van der Waals surface area contributed by atoms with E-state index in [2.05, 4.69) is 21.2 Å². The van der Waals surface area contributed by atoms with Crippen molar-refractivity contribution in [3.05, 3.63) is 28.5 Å². The molecule has 0 radical (unpaired) electrons. The molecule has 0 saturated carbocycles. The molecule has 0 aromatic heterocycles. The number of nitrogens with one attached hydrogen (secondary N) is 1. The maximum Gasteiger partial charge on any atom is 0.241 e. The molecule has 1 aromatic carbocycles. The summed E-state index contributed by atoms with van der Waals surface area (Å²) in [5.41, 5.74) is 6.12. The molecule has 1 atom stereocenters. The zero-order chi connectivity index (χ0) is 12.8. The Bertz CT molecular complexity index is 398. The summed E-state index contributed by atoms with van der Waals surface area (Å²) in [6.07, 6.45) is 2.54. The third kappa shape index (κ3) is 4.44. The second-order valence-electron chi connectivity index (χ2n) is 3.87. The summed E-state index contributed by atoms with van der Waals surface area (Å²) in [5, 5.41) is 2.59. The van der Waals surface area contributed by atoms with E-state index in [0.29, 0.717) is 16.6 Å². The van der Waals surface area contributed by atoms with Crippen LogP contribution in [0.25, 0.3) is 0 Å². The Balaban J connectivity index is 2.58.